The molecular weight excluding hydrogens is 474 g/mol. The van der Waals surface area contributed by atoms with Crippen molar-refractivity contribution in [3.63, 3.8) is 0 Å². The molecule has 0 aliphatic carbocycles. The lowest BCUT2D eigenvalue weighted by atomic mass is 10.2. The number of carbonyl (C=O) groups is 1. The van der Waals surface area contributed by atoms with Crippen LogP contribution < -0.4 is 5.32 Å². The first-order valence-corrected chi connectivity index (χ1v) is 9.62. The van der Waals surface area contributed by atoms with E-state index in [1.807, 2.05) is 35.2 Å². The molecule has 0 saturated carbocycles. The van der Waals surface area contributed by atoms with E-state index in [0.29, 0.717) is 23.9 Å². The molecule has 0 spiro atoms. The molecule has 1 aliphatic heterocycles. The van der Waals surface area contributed by atoms with Crippen molar-refractivity contribution in [2.24, 2.45) is 0 Å². The van der Waals surface area contributed by atoms with E-state index in [9.17, 15) is 4.79 Å². The Hall–Kier alpha value is -0.760. The smallest absolute Gasteiger partial charge is 0.222 e. The molecule has 1 fully saturated rings. The van der Waals surface area contributed by atoms with E-state index in [2.05, 4.69) is 27.9 Å². The fraction of sp³-hybridized carbons (Fsp3) is 0.389. The third kappa shape index (κ3) is 5.61. The van der Waals surface area contributed by atoms with Crippen LogP contribution in [-0.2, 0) is 11.3 Å². The van der Waals surface area contributed by atoms with E-state index >= 15 is 0 Å². The highest BCUT2D eigenvalue weighted by Gasteiger charge is 2.18. The SMILES string of the molecule is Cl.O=C1CCCN1CCCNCc1ccc(-c2ccc(I)cc2Cl)o1. The summed E-state index contributed by atoms with van der Waals surface area (Å²) in [6, 6.07) is 9.85. The zero-order chi connectivity index (χ0) is 16.9. The van der Waals surface area contributed by atoms with Gasteiger partial charge in [0.15, 0.2) is 0 Å². The average molecular weight is 495 g/mol. The molecule has 0 radical (unpaired) electrons. The fourth-order valence-electron chi connectivity index (χ4n) is 2.85. The van der Waals surface area contributed by atoms with Gasteiger partial charge in [-0.2, -0.15) is 0 Å². The van der Waals surface area contributed by atoms with Gasteiger partial charge in [-0.05, 0) is 72.3 Å². The maximum atomic E-state index is 11.5. The second-order valence-electron chi connectivity index (χ2n) is 5.90. The Morgan fingerprint density at radius 2 is 2.12 bits per heavy atom. The van der Waals surface area contributed by atoms with Crippen LogP contribution in [0.15, 0.2) is 34.7 Å². The second-order valence-corrected chi connectivity index (χ2v) is 7.56. The van der Waals surface area contributed by atoms with Crippen molar-refractivity contribution in [1.82, 2.24) is 10.2 Å². The van der Waals surface area contributed by atoms with E-state index in [1.54, 1.807) is 0 Å². The Kier molecular flexibility index (Phi) is 8.06. The third-order valence-electron chi connectivity index (χ3n) is 4.11. The van der Waals surface area contributed by atoms with Crippen LogP contribution in [-0.4, -0.2) is 30.4 Å². The standard InChI is InChI=1S/C18H20ClIN2O2.ClH/c19-16-11-13(20)4-6-15(16)17-7-5-14(24-17)12-21-8-2-10-22-9-1-3-18(22)23;/h4-7,11,21H,1-3,8-10,12H2;1H. The van der Waals surface area contributed by atoms with Gasteiger partial charge in [-0.1, -0.05) is 11.6 Å². The minimum atomic E-state index is 0. The summed E-state index contributed by atoms with van der Waals surface area (Å²) in [6.07, 6.45) is 2.68. The number of amides is 1. The zero-order valence-electron chi connectivity index (χ0n) is 13.8. The van der Waals surface area contributed by atoms with Gasteiger partial charge >= 0.3 is 0 Å². The lowest BCUT2D eigenvalue weighted by Gasteiger charge is -2.15. The van der Waals surface area contributed by atoms with Gasteiger partial charge in [0.05, 0.1) is 11.6 Å². The Morgan fingerprint density at radius 1 is 1.28 bits per heavy atom. The third-order valence-corrected chi connectivity index (χ3v) is 5.09. The quantitative estimate of drug-likeness (QED) is 0.447. The summed E-state index contributed by atoms with van der Waals surface area (Å²) < 4.78 is 6.98. The molecular formula is C18H21Cl2IN2O2. The number of nitrogens with one attached hydrogen (secondary N) is 1. The highest BCUT2D eigenvalue weighted by Crippen LogP contribution is 2.30. The molecule has 3 rings (SSSR count). The summed E-state index contributed by atoms with van der Waals surface area (Å²) in [4.78, 5) is 13.5. The number of furan rings is 1. The van der Waals surface area contributed by atoms with Crippen molar-refractivity contribution in [2.45, 2.75) is 25.8 Å². The number of halogens is 3. The van der Waals surface area contributed by atoms with Crippen LogP contribution >= 0.6 is 46.6 Å². The maximum absolute atomic E-state index is 11.5. The van der Waals surface area contributed by atoms with Crippen molar-refractivity contribution in [1.29, 1.82) is 0 Å². The summed E-state index contributed by atoms with van der Waals surface area (Å²) in [6.45, 7) is 3.30. The van der Waals surface area contributed by atoms with Crippen molar-refractivity contribution in [2.75, 3.05) is 19.6 Å². The largest absolute Gasteiger partial charge is 0.460 e. The Bertz CT molecular complexity index is 721. The zero-order valence-corrected chi connectivity index (χ0v) is 17.5. The van der Waals surface area contributed by atoms with Gasteiger partial charge in [-0.3, -0.25) is 4.79 Å². The molecule has 0 atom stereocenters. The lowest BCUT2D eigenvalue weighted by molar-refractivity contribution is -0.127. The molecule has 25 heavy (non-hydrogen) atoms. The van der Waals surface area contributed by atoms with E-state index in [1.165, 1.54) is 0 Å². The van der Waals surface area contributed by atoms with E-state index in [4.69, 9.17) is 16.0 Å². The summed E-state index contributed by atoms with van der Waals surface area (Å²) in [5.41, 5.74) is 0.913. The molecule has 1 saturated heterocycles. The van der Waals surface area contributed by atoms with Crippen LogP contribution in [0, 0.1) is 3.57 Å². The van der Waals surface area contributed by atoms with Crippen LogP contribution in [0.4, 0.5) is 0 Å². The summed E-state index contributed by atoms with van der Waals surface area (Å²) in [7, 11) is 0. The van der Waals surface area contributed by atoms with Crippen molar-refractivity contribution in [3.05, 3.63) is 44.7 Å². The molecule has 1 aromatic carbocycles. The highest BCUT2D eigenvalue weighted by atomic mass is 127. The summed E-state index contributed by atoms with van der Waals surface area (Å²) >= 11 is 8.52. The number of likely N-dealkylation sites (tertiary alicyclic amines) is 1. The van der Waals surface area contributed by atoms with Crippen LogP contribution in [0.25, 0.3) is 11.3 Å². The molecule has 1 aliphatic rings. The van der Waals surface area contributed by atoms with Crippen LogP contribution in [0.3, 0.4) is 0 Å². The Labute approximate surface area is 172 Å². The predicted molar refractivity (Wildman–Crippen MR) is 111 cm³/mol. The van der Waals surface area contributed by atoms with Crippen LogP contribution in [0.1, 0.15) is 25.0 Å². The monoisotopic (exact) mass is 494 g/mol. The van der Waals surface area contributed by atoms with Gasteiger partial charge < -0.3 is 14.6 Å². The van der Waals surface area contributed by atoms with E-state index in [-0.39, 0.29) is 12.4 Å². The molecule has 136 valence electrons. The van der Waals surface area contributed by atoms with Gasteiger partial charge in [0.25, 0.3) is 0 Å². The number of nitrogens with zero attached hydrogens (tertiary/aromatic N) is 1. The molecule has 7 heteroatoms. The first-order chi connectivity index (χ1) is 11.6. The van der Waals surface area contributed by atoms with E-state index < -0.39 is 0 Å². The fourth-order valence-corrected chi connectivity index (χ4v) is 3.80. The predicted octanol–water partition coefficient (Wildman–Crippen LogP) is 4.73. The minimum Gasteiger partial charge on any atom is -0.460 e. The Morgan fingerprint density at radius 3 is 2.84 bits per heavy atom. The number of benzene rings is 1. The molecule has 0 unspecified atom stereocenters. The molecule has 2 heterocycles. The van der Waals surface area contributed by atoms with Crippen LogP contribution in [0.2, 0.25) is 5.02 Å². The van der Waals surface area contributed by atoms with Gasteiger partial charge in [0.1, 0.15) is 11.5 Å². The van der Waals surface area contributed by atoms with Crippen molar-refractivity contribution in [3.8, 4) is 11.3 Å². The first kappa shape index (κ1) is 20.6. The number of hydrogen-bond acceptors (Lipinski definition) is 3. The topological polar surface area (TPSA) is 45.5 Å². The molecule has 2 aromatic rings. The van der Waals surface area contributed by atoms with Gasteiger partial charge in [0.2, 0.25) is 5.91 Å². The van der Waals surface area contributed by atoms with Crippen LogP contribution in [0.5, 0.6) is 0 Å². The second kappa shape index (κ2) is 9.80. The molecule has 1 aromatic heterocycles. The normalized spacial score (nSPS) is 14.0. The molecule has 1 amide bonds. The Balaban J connectivity index is 0.00000225. The number of carbonyl (C=O) groups excluding carboxylic acids is 1. The summed E-state index contributed by atoms with van der Waals surface area (Å²) in [5.74, 6) is 1.97. The molecule has 4 nitrogen and oxygen atoms in total. The van der Waals surface area contributed by atoms with Crippen molar-refractivity contribution < 1.29 is 9.21 Å². The van der Waals surface area contributed by atoms with Gasteiger partial charge in [-0.15, -0.1) is 12.4 Å². The molecule has 0 bridgehead atoms. The van der Waals surface area contributed by atoms with Gasteiger partial charge in [0, 0.05) is 28.6 Å². The first-order valence-electron chi connectivity index (χ1n) is 8.16. The van der Waals surface area contributed by atoms with Gasteiger partial charge in [-0.25, -0.2) is 0 Å². The number of hydrogen-bond donors (Lipinski definition) is 1. The lowest BCUT2D eigenvalue weighted by Crippen LogP contribution is -2.28. The summed E-state index contributed by atoms with van der Waals surface area (Å²) in [5, 5.41) is 4.06. The minimum absolute atomic E-state index is 0. The number of rotatable bonds is 7. The average Bonchev–Trinajstić information content (AvgIpc) is 3.17. The van der Waals surface area contributed by atoms with E-state index in [0.717, 1.165) is 53.1 Å². The highest BCUT2D eigenvalue weighted by molar-refractivity contribution is 14.1. The van der Waals surface area contributed by atoms with Crippen molar-refractivity contribution >= 4 is 52.5 Å². The maximum Gasteiger partial charge on any atom is 0.222 e. The molecule has 1 N–H and O–H groups in total.